The molecule has 110 valence electrons. The van der Waals surface area contributed by atoms with Crippen LogP contribution in [0.25, 0.3) is 0 Å². The number of halogens is 3. The largest absolute Gasteiger partial charge is 0.396 e. The highest BCUT2D eigenvalue weighted by Gasteiger charge is 2.39. The number of aliphatic hydroxyl groups excluding tert-OH is 1. The molecule has 1 amide bonds. The lowest BCUT2D eigenvalue weighted by molar-refractivity contribution is 0.0829. The first kappa shape index (κ1) is 15.4. The van der Waals surface area contributed by atoms with E-state index < -0.39 is 17.5 Å². The average molecular weight is 348 g/mol. The molecule has 0 aliphatic heterocycles. The van der Waals surface area contributed by atoms with Crippen molar-refractivity contribution in [2.45, 2.75) is 32.2 Å². The lowest BCUT2D eigenvalue weighted by Crippen LogP contribution is -2.44. The number of carbonyl (C=O) groups is 1. The fourth-order valence-corrected chi connectivity index (χ4v) is 3.10. The maximum atomic E-state index is 13.2. The highest BCUT2D eigenvalue weighted by atomic mass is 79.9. The zero-order valence-corrected chi connectivity index (χ0v) is 12.6. The first-order valence-electron chi connectivity index (χ1n) is 6.43. The summed E-state index contributed by atoms with van der Waals surface area (Å²) in [5.74, 6) is -2.54. The summed E-state index contributed by atoms with van der Waals surface area (Å²) in [6.07, 6.45) is 2.51. The monoisotopic (exact) mass is 347 g/mol. The van der Waals surface area contributed by atoms with Crippen LogP contribution in [-0.2, 0) is 0 Å². The fraction of sp³-hybridized carbons (Fsp3) is 0.500. The molecular weight excluding hydrogens is 332 g/mol. The number of rotatable bonds is 3. The summed E-state index contributed by atoms with van der Waals surface area (Å²) in [6, 6.07) is 1.64. The van der Waals surface area contributed by atoms with Gasteiger partial charge in [-0.05, 0) is 40.9 Å². The second-order valence-corrected chi connectivity index (χ2v) is 6.33. The van der Waals surface area contributed by atoms with Gasteiger partial charge in [-0.3, -0.25) is 4.79 Å². The van der Waals surface area contributed by atoms with E-state index in [-0.39, 0.29) is 28.1 Å². The lowest BCUT2D eigenvalue weighted by atomic mass is 9.85. The molecule has 1 aromatic rings. The van der Waals surface area contributed by atoms with Gasteiger partial charge in [-0.25, -0.2) is 8.78 Å². The Bertz CT molecular complexity index is 538. The van der Waals surface area contributed by atoms with Crippen molar-refractivity contribution >= 4 is 21.8 Å². The van der Waals surface area contributed by atoms with Crippen molar-refractivity contribution in [3.63, 3.8) is 0 Å². The van der Waals surface area contributed by atoms with Crippen LogP contribution in [-0.4, -0.2) is 23.7 Å². The summed E-state index contributed by atoms with van der Waals surface area (Å²) < 4.78 is 26.5. The van der Waals surface area contributed by atoms with E-state index in [1.165, 1.54) is 0 Å². The number of hydrogen-bond donors (Lipinski definition) is 2. The SMILES string of the molecule is C[C@@]1(CO)CCC[C@H]1NC(=O)c1cc(F)c(F)cc1Br. The van der Waals surface area contributed by atoms with E-state index in [2.05, 4.69) is 21.2 Å². The van der Waals surface area contributed by atoms with E-state index in [0.717, 1.165) is 31.4 Å². The van der Waals surface area contributed by atoms with Crippen LogP contribution in [0.5, 0.6) is 0 Å². The Labute approximate surface area is 124 Å². The number of benzene rings is 1. The Hall–Kier alpha value is -1.01. The number of carbonyl (C=O) groups excluding carboxylic acids is 1. The van der Waals surface area contributed by atoms with Crippen LogP contribution in [0.3, 0.4) is 0 Å². The van der Waals surface area contributed by atoms with E-state index in [0.29, 0.717) is 0 Å². The van der Waals surface area contributed by atoms with Crippen molar-refractivity contribution in [1.82, 2.24) is 5.32 Å². The molecule has 2 rings (SSSR count). The number of hydrogen-bond acceptors (Lipinski definition) is 2. The average Bonchev–Trinajstić information content (AvgIpc) is 2.76. The summed E-state index contributed by atoms with van der Waals surface area (Å²) >= 11 is 3.06. The van der Waals surface area contributed by atoms with Crippen LogP contribution >= 0.6 is 15.9 Å². The molecule has 0 unspecified atom stereocenters. The van der Waals surface area contributed by atoms with Crippen molar-refractivity contribution in [1.29, 1.82) is 0 Å². The smallest absolute Gasteiger partial charge is 0.252 e. The molecule has 1 aromatic carbocycles. The van der Waals surface area contributed by atoms with Gasteiger partial charge in [0, 0.05) is 15.9 Å². The standard InChI is InChI=1S/C14H16BrF2NO2/c1-14(7-19)4-2-3-12(14)18-13(20)8-5-10(16)11(17)6-9(8)15/h5-6,12,19H,2-4,7H2,1H3,(H,18,20)/t12-,14+/m1/s1. The van der Waals surface area contributed by atoms with Crippen molar-refractivity contribution in [3.05, 3.63) is 33.8 Å². The fourth-order valence-electron chi connectivity index (χ4n) is 2.60. The maximum absolute atomic E-state index is 13.2. The summed E-state index contributed by atoms with van der Waals surface area (Å²) in [7, 11) is 0. The third-order valence-electron chi connectivity index (χ3n) is 4.00. The number of amides is 1. The molecule has 1 fully saturated rings. The van der Waals surface area contributed by atoms with Gasteiger partial charge in [-0.2, -0.15) is 0 Å². The third kappa shape index (κ3) is 2.86. The highest BCUT2D eigenvalue weighted by Crippen LogP contribution is 2.37. The van der Waals surface area contributed by atoms with Crippen LogP contribution in [0, 0.1) is 17.0 Å². The lowest BCUT2D eigenvalue weighted by Gasteiger charge is -2.30. The van der Waals surface area contributed by atoms with E-state index in [4.69, 9.17) is 0 Å². The predicted molar refractivity (Wildman–Crippen MR) is 74.4 cm³/mol. The third-order valence-corrected chi connectivity index (χ3v) is 4.66. The zero-order chi connectivity index (χ0) is 14.9. The van der Waals surface area contributed by atoms with E-state index >= 15 is 0 Å². The van der Waals surface area contributed by atoms with E-state index in [1.54, 1.807) is 0 Å². The van der Waals surface area contributed by atoms with Crippen molar-refractivity contribution in [2.75, 3.05) is 6.61 Å². The van der Waals surface area contributed by atoms with Gasteiger partial charge < -0.3 is 10.4 Å². The molecule has 1 aliphatic carbocycles. The molecule has 0 spiro atoms. The van der Waals surface area contributed by atoms with Crippen LogP contribution in [0.15, 0.2) is 16.6 Å². The van der Waals surface area contributed by atoms with Gasteiger partial charge in [-0.15, -0.1) is 0 Å². The minimum Gasteiger partial charge on any atom is -0.396 e. The minimum atomic E-state index is -1.06. The Kier molecular flexibility index (Phi) is 4.44. The molecule has 2 atom stereocenters. The van der Waals surface area contributed by atoms with Gasteiger partial charge >= 0.3 is 0 Å². The second kappa shape index (κ2) is 5.77. The molecule has 0 saturated heterocycles. The molecule has 6 heteroatoms. The van der Waals surface area contributed by atoms with Crippen molar-refractivity contribution < 1.29 is 18.7 Å². The summed E-state index contributed by atoms with van der Waals surface area (Å²) in [6.45, 7) is 1.89. The van der Waals surface area contributed by atoms with Crippen LogP contribution in [0.2, 0.25) is 0 Å². The quantitative estimate of drug-likeness (QED) is 0.825. The first-order chi connectivity index (χ1) is 9.37. The van der Waals surface area contributed by atoms with Crippen LogP contribution in [0.4, 0.5) is 8.78 Å². The van der Waals surface area contributed by atoms with Crippen molar-refractivity contribution in [3.8, 4) is 0 Å². The van der Waals surface area contributed by atoms with Gasteiger partial charge in [0.05, 0.1) is 12.2 Å². The van der Waals surface area contributed by atoms with Crippen LogP contribution in [0.1, 0.15) is 36.5 Å². The van der Waals surface area contributed by atoms with E-state index in [9.17, 15) is 18.7 Å². The topological polar surface area (TPSA) is 49.3 Å². The van der Waals surface area contributed by atoms with E-state index in [1.807, 2.05) is 6.92 Å². The first-order valence-corrected chi connectivity index (χ1v) is 7.23. The number of nitrogens with one attached hydrogen (secondary N) is 1. The molecule has 0 radical (unpaired) electrons. The van der Waals surface area contributed by atoms with Gasteiger partial charge in [0.2, 0.25) is 0 Å². The van der Waals surface area contributed by atoms with Crippen molar-refractivity contribution in [2.24, 2.45) is 5.41 Å². The Morgan fingerprint density at radius 3 is 2.80 bits per heavy atom. The normalized spacial score (nSPS) is 25.8. The summed E-state index contributed by atoms with van der Waals surface area (Å²) in [5, 5.41) is 12.3. The molecule has 1 aliphatic rings. The van der Waals surface area contributed by atoms with Gasteiger partial charge in [-0.1, -0.05) is 13.3 Å². The molecule has 0 bridgehead atoms. The number of aliphatic hydroxyl groups is 1. The van der Waals surface area contributed by atoms with Crippen LogP contribution < -0.4 is 5.32 Å². The Balaban J connectivity index is 2.19. The molecule has 0 heterocycles. The molecule has 2 N–H and O–H groups in total. The summed E-state index contributed by atoms with van der Waals surface area (Å²) in [4.78, 5) is 12.2. The molecular formula is C14H16BrF2NO2. The summed E-state index contributed by atoms with van der Waals surface area (Å²) in [5.41, 5.74) is -0.308. The molecule has 0 aromatic heterocycles. The molecule has 3 nitrogen and oxygen atoms in total. The Morgan fingerprint density at radius 1 is 1.50 bits per heavy atom. The Morgan fingerprint density at radius 2 is 2.15 bits per heavy atom. The molecule has 1 saturated carbocycles. The van der Waals surface area contributed by atoms with Gasteiger partial charge in [0.15, 0.2) is 11.6 Å². The predicted octanol–water partition coefficient (Wildman–Crippen LogP) is 3.01. The second-order valence-electron chi connectivity index (χ2n) is 5.48. The minimum absolute atomic E-state index is 0.0170. The molecule has 20 heavy (non-hydrogen) atoms. The van der Waals surface area contributed by atoms with Gasteiger partial charge in [0.1, 0.15) is 0 Å². The highest BCUT2D eigenvalue weighted by molar-refractivity contribution is 9.10. The zero-order valence-electron chi connectivity index (χ0n) is 11.0. The maximum Gasteiger partial charge on any atom is 0.252 e. The van der Waals surface area contributed by atoms with Gasteiger partial charge in [0.25, 0.3) is 5.91 Å².